The van der Waals surface area contributed by atoms with Gasteiger partial charge in [0.1, 0.15) is 0 Å². The van der Waals surface area contributed by atoms with Crippen molar-refractivity contribution in [3.63, 3.8) is 0 Å². The molecule has 0 aliphatic heterocycles. The van der Waals surface area contributed by atoms with E-state index >= 15 is 0 Å². The largest absolute Gasteiger partial charge is 0.393 e. The van der Waals surface area contributed by atoms with Crippen LogP contribution in [0.1, 0.15) is 86.0 Å². The summed E-state index contributed by atoms with van der Waals surface area (Å²) in [6.45, 7) is 11.0. The van der Waals surface area contributed by atoms with Crippen LogP contribution in [0.3, 0.4) is 0 Å². The van der Waals surface area contributed by atoms with Gasteiger partial charge in [-0.1, -0.05) is 34.6 Å². The van der Waals surface area contributed by atoms with Gasteiger partial charge in [0, 0.05) is 0 Å². The molecule has 0 heterocycles. The lowest BCUT2D eigenvalue weighted by Gasteiger charge is -2.63. The third-order valence-corrected chi connectivity index (χ3v) is 11.2. The number of aliphatic hydroxyl groups excluding tert-OH is 5. The quantitative estimate of drug-likeness (QED) is 0.440. The summed E-state index contributed by atoms with van der Waals surface area (Å²) in [5.74, 6) is 1.15. The number of hydrogen-bond acceptors (Lipinski definition) is 5. The molecule has 4 aliphatic rings. The second-order valence-electron chi connectivity index (χ2n) is 13.1. The second kappa shape index (κ2) is 8.78. The van der Waals surface area contributed by atoms with E-state index in [4.69, 9.17) is 0 Å². The van der Waals surface area contributed by atoms with E-state index in [0.717, 1.165) is 44.9 Å². The summed E-state index contributed by atoms with van der Waals surface area (Å²) in [4.78, 5) is 0. The highest BCUT2D eigenvalue weighted by Crippen LogP contribution is 2.68. The average molecular weight is 453 g/mol. The molecule has 0 amide bonds. The molecule has 0 aromatic heterocycles. The average Bonchev–Trinajstić information content (AvgIpc) is 3.01. The van der Waals surface area contributed by atoms with Crippen molar-refractivity contribution in [1.82, 2.24) is 0 Å². The zero-order chi connectivity index (χ0) is 23.6. The van der Waals surface area contributed by atoms with Crippen LogP contribution in [0.5, 0.6) is 0 Å². The summed E-state index contributed by atoms with van der Waals surface area (Å²) < 4.78 is 0. The normalized spacial score (nSPS) is 52.8. The van der Waals surface area contributed by atoms with Gasteiger partial charge in [-0.25, -0.2) is 0 Å². The fourth-order valence-corrected chi connectivity index (χ4v) is 9.19. The minimum Gasteiger partial charge on any atom is -0.393 e. The molecular formula is C27H48O5. The fraction of sp³-hybridized carbons (Fsp3) is 1.00. The summed E-state index contributed by atoms with van der Waals surface area (Å²) in [7, 11) is 0. The van der Waals surface area contributed by atoms with Crippen LogP contribution in [-0.4, -0.2) is 56.1 Å². The van der Waals surface area contributed by atoms with Crippen molar-refractivity contribution in [2.24, 2.45) is 52.3 Å². The maximum Gasteiger partial charge on any atom is 0.0836 e. The van der Waals surface area contributed by atoms with Crippen LogP contribution in [-0.2, 0) is 0 Å². The van der Waals surface area contributed by atoms with Gasteiger partial charge in [-0.05, 0) is 104 Å². The van der Waals surface area contributed by atoms with Crippen LogP contribution in [0, 0.1) is 52.3 Å². The Balaban J connectivity index is 1.58. The lowest BCUT2D eigenvalue weighted by molar-refractivity contribution is -0.230. The summed E-state index contributed by atoms with van der Waals surface area (Å²) in [5.41, 5.74) is -0.143. The van der Waals surface area contributed by atoms with Crippen molar-refractivity contribution in [1.29, 1.82) is 0 Å². The number of aliphatic hydroxyl groups is 5. The van der Waals surface area contributed by atoms with Crippen molar-refractivity contribution >= 4 is 0 Å². The molecule has 5 N–H and O–H groups in total. The number of rotatable bonds is 5. The predicted molar refractivity (Wildman–Crippen MR) is 125 cm³/mol. The molecule has 0 spiro atoms. The zero-order valence-electron chi connectivity index (χ0n) is 20.8. The molecule has 4 rings (SSSR count). The highest BCUT2D eigenvalue weighted by Gasteiger charge is 2.67. The Kier molecular flexibility index (Phi) is 6.84. The van der Waals surface area contributed by atoms with Crippen LogP contribution in [0.4, 0.5) is 0 Å². The van der Waals surface area contributed by atoms with Gasteiger partial charge in [0.05, 0.1) is 30.5 Å². The summed E-state index contributed by atoms with van der Waals surface area (Å²) in [6.07, 6.45) is 4.01. The fourth-order valence-electron chi connectivity index (χ4n) is 9.19. The molecule has 5 heteroatoms. The molecule has 0 bridgehead atoms. The molecule has 4 saturated carbocycles. The van der Waals surface area contributed by atoms with Crippen LogP contribution >= 0.6 is 0 Å². The Morgan fingerprint density at radius 2 is 1.47 bits per heavy atom. The van der Waals surface area contributed by atoms with Crippen molar-refractivity contribution in [2.45, 2.75) is 117 Å². The Bertz CT molecular complexity index is 668. The van der Waals surface area contributed by atoms with Crippen molar-refractivity contribution in [3.05, 3.63) is 0 Å². The van der Waals surface area contributed by atoms with Gasteiger partial charge in [-0.2, -0.15) is 0 Å². The van der Waals surface area contributed by atoms with E-state index in [-0.39, 0.29) is 52.6 Å². The Morgan fingerprint density at radius 3 is 2.12 bits per heavy atom. The van der Waals surface area contributed by atoms with E-state index in [2.05, 4.69) is 34.6 Å². The molecule has 0 radical (unpaired) electrons. The third-order valence-electron chi connectivity index (χ3n) is 11.2. The van der Waals surface area contributed by atoms with Gasteiger partial charge in [0.15, 0.2) is 0 Å². The standard InChI is InChI=1S/C27H48O5/c1-14(2)20(29)7-6-15(3)18-13-21(30)23-22-17(9-11-27(18,23)5)26(4)10-8-16(28)12-19(26)24(31)25(22)32/h14-25,28-32H,6-13H2,1-5H3/t15-,16?,17+,18-,19?,20?,21?,22-,23+,24?,25?,26-,27-/m1/s1. The van der Waals surface area contributed by atoms with E-state index < -0.39 is 18.3 Å². The molecule has 6 unspecified atom stereocenters. The van der Waals surface area contributed by atoms with Gasteiger partial charge >= 0.3 is 0 Å². The maximum absolute atomic E-state index is 11.4. The molecule has 0 saturated heterocycles. The van der Waals surface area contributed by atoms with Gasteiger partial charge in [0.25, 0.3) is 0 Å². The minimum atomic E-state index is -0.834. The first-order valence-corrected chi connectivity index (χ1v) is 13.3. The third kappa shape index (κ3) is 3.79. The monoisotopic (exact) mass is 452 g/mol. The topological polar surface area (TPSA) is 101 Å². The molecule has 4 fully saturated rings. The predicted octanol–water partition coefficient (Wildman–Crippen LogP) is 3.35. The lowest BCUT2D eigenvalue weighted by atomic mass is 9.43. The summed E-state index contributed by atoms with van der Waals surface area (Å²) >= 11 is 0. The highest BCUT2D eigenvalue weighted by molar-refractivity contribution is 5.15. The molecule has 186 valence electrons. The van der Waals surface area contributed by atoms with E-state index in [0.29, 0.717) is 18.3 Å². The SMILES string of the molecule is CC(C)C(O)CC[C@@H](C)[C@H]1CC(O)[C@H]2[C@@H]3C(O)C(O)C4CC(O)CC[C@]4(C)[C@H]3CC[C@]12C. The summed E-state index contributed by atoms with van der Waals surface area (Å²) in [5, 5.41) is 54.5. The first kappa shape index (κ1) is 24.9. The lowest BCUT2D eigenvalue weighted by Crippen LogP contribution is -2.65. The molecule has 5 nitrogen and oxygen atoms in total. The molecule has 32 heavy (non-hydrogen) atoms. The van der Waals surface area contributed by atoms with Crippen molar-refractivity contribution in [3.8, 4) is 0 Å². The van der Waals surface area contributed by atoms with Gasteiger partial charge in [0.2, 0.25) is 0 Å². The number of fused-ring (bicyclic) bond motifs is 5. The second-order valence-corrected chi connectivity index (χ2v) is 13.1. The van der Waals surface area contributed by atoms with E-state index in [9.17, 15) is 25.5 Å². The summed E-state index contributed by atoms with van der Waals surface area (Å²) in [6, 6.07) is 0. The minimum absolute atomic E-state index is 0.00185. The van der Waals surface area contributed by atoms with E-state index in [1.165, 1.54) is 0 Å². The van der Waals surface area contributed by atoms with Gasteiger partial charge in [-0.3, -0.25) is 0 Å². The zero-order valence-corrected chi connectivity index (χ0v) is 20.8. The van der Waals surface area contributed by atoms with E-state index in [1.807, 2.05) is 0 Å². The van der Waals surface area contributed by atoms with Crippen molar-refractivity contribution < 1.29 is 25.5 Å². The van der Waals surface area contributed by atoms with Crippen LogP contribution in [0.15, 0.2) is 0 Å². The number of hydrogen-bond donors (Lipinski definition) is 5. The molecule has 13 atom stereocenters. The highest BCUT2D eigenvalue weighted by atomic mass is 16.3. The molecule has 4 aliphatic carbocycles. The smallest absolute Gasteiger partial charge is 0.0836 e. The first-order valence-electron chi connectivity index (χ1n) is 13.3. The van der Waals surface area contributed by atoms with Crippen LogP contribution in [0.2, 0.25) is 0 Å². The molecule has 0 aromatic carbocycles. The Morgan fingerprint density at radius 1 is 0.812 bits per heavy atom. The molecular weight excluding hydrogens is 404 g/mol. The Hall–Kier alpha value is -0.200. The van der Waals surface area contributed by atoms with Crippen LogP contribution in [0.25, 0.3) is 0 Å². The van der Waals surface area contributed by atoms with Crippen molar-refractivity contribution in [2.75, 3.05) is 0 Å². The Labute approximate surface area is 194 Å². The molecule has 0 aromatic rings. The van der Waals surface area contributed by atoms with Gasteiger partial charge in [-0.15, -0.1) is 0 Å². The maximum atomic E-state index is 11.4. The first-order chi connectivity index (χ1) is 14.9. The van der Waals surface area contributed by atoms with E-state index in [1.54, 1.807) is 0 Å². The van der Waals surface area contributed by atoms with Crippen LogP contribution < -0.4 is 0 Å². The van der Waals surface area contributed by atoms with Gasteiger partial charge < -0.3 is 25.5 Å².